The number of rotatable bonds is 4. The molecule has 0 bridgehead atoms. The summed E-state index contributed by atoms with van der Waals surface area (Å²) in [7, 11) is 1.51. The Morgan fingerprint density at radius 1 is 1.19 bits per heavy atom. The van der Waals surface area contributed by atoms with Gasteiger partial charge in [0, 0.05) is 10.7 Å². The molecule has 0 atom stereocenters. The van der Waals surface area contributed by atoms with Crippen LogP contribution in [0, 0.1) is 6.92 Å². The molecule has 0 fully saturated rings. The highest BCUT2D eigenvalue weighted by Crippen LogP contribution is 2.34. The van der Waals surface area contributed by atoms with Crippen molar-refractivity contribution >= 4 is 51.6 Å². The van der Waals surface area contributed by atoms with Gasteiger partial charge in [-0.3, -0.25) is 10.1 Å². The van der Waals surface area contributed by atoms with E-state index in [4.69, 9.17) is 33.0 Å². The van der Waals surface area contributed by atoms with Gasteiger partial charge in [0.25, 0.3) is 5.91 Å². The van der Waals surface area contributed by atoms with Crippen molar-refractivity contribution in [3.05, 3.63) is 70.7 Å². The standard InChI is InChI=1S/C23H18ClN3O4S/c1-12-4-3-5-15(20(12)30-2)21(29)27-23(32)25-14-7-8-18(28)16(11-14)22-26-17-10-13(24)6-9-19(17)31-22/h3-11,28H,1-2H3,(H2,25,27,29,32). The summed E-state index contributed by atoms with van der Waals surface area (Å²) in [4.78, 5) is 17.0. The summed E-state index contributed by atoms with van der Waals surface area (Å²) in [6.45, 7) is 1.85. The third kappa shape index (κ3) is 4.37. The fourth-order valence-corrected chi connectivity index (χ4v) is 3.61. The second-order valence-electron chi connectivity index (χ2n) is 6.93. The van der Waals surface area contributed by atoms with E-state index in [0.29, 0.717) is 38.7 Å². The zero-order valence-electron chi connectivity index (χ0n) is 17.1. The summed E-state index contributed by atoms with van der Waals surface area (Å²) in [5, 5.41) is 16.5. The maximum atomic E-state index is 12.7. The number of aromatic nitrogens is 1. The Morgan fingerprint density at radius 3 is 2.78 bits per heavy atom. The second-order valence-corrected chi connectivity index (χ2v) is 7.77. The maximum Gasteiger partial charge on any atom is 0.261 e. The first-order valence-corrected chi connectivity index (χ1v) is 10.3. The van der Waals surface area contributed by atoms with Crippen molar-refractivity contribution in [2.24, 2.45) is 0 Å². The zero-order chi connectivity index (χ0) is 22.8. The molecule has 0 aliphatic carbocycles. The molecule has 3 aromatic carbocycles. The number of ether oxygens (including phenoxy) is 1. The van der Waals surface area contributed by atoms with Gasteiger partial charge in [-0.1, -0.05) is 23.7 Å². The number of thiocarbonyl (C=S) groups is 1. The van der Waals surface area contributed by atoms with Gasteiger partial charge in [-0.15, -0.1) is 0 Å². The lowest BCUT2D eigenvalue weighted by molar-refractivity contribution is 0.0974. The van der Waals surface area contributed by atoms with Crippen molar-refractivity contribution in [1.29, 1.82) is 0 Å². The number of amides is 1. The molecule has 0 saturated carbocycles. The molecule has 1 aromatic heterocycles. The number of aryl methyl sites for hydroxylation is 1. The number of fused-ring (bicyclic) bond motifs is 1. The fraction of sp³-hybridized carbons (Fsp3) is 0.0870. The van der Waals surface area contributed by atoms with Gasteiger partial charge in [-0.05, 0) is 67.2 Å². The topological polar surface area (TPSA) is 96.6 Å². The van der Waals surface area contributed by atoms with E-state index in [0.717, 1.165) is 5.56 Å². The number of para-hydroxylation sites is 1. The van der Waals surface area contributed by atoms with E-state index >= 15 is 0 Å². The Balaban J connectivity index is 1.54. The molecule has 4 rings (SSSR count). The zero-order valence-corrected chi connectivity index (χ0v) is 18.7. The minimum atomic E-state index is -0.405. The maximum absolute atomic E-state index is 12.7. The Hall–Kier alpha value is -3.62. The largest absolute Gasteiger partial charge is 0.507 e. The predicted molar refractivity (Wildman–Crippen MR) is 128 cm³/mol. The Kier molecular flexibility index (Phi) is 5.98. The van der Waals surface area contributed by atoms with Crippen molar-refractivity contribution in [2.45, 2.75) is 6.92 Å². The van der Waals surface area contributed by atoms with Crippen LogP contribution in [0.3, 0.4) is 0 Å². The molecule has 0 spiro atoms. The van der Waals surface area contributed by atoms with Crippen LogP contribution in [-0.4, -0.2) is 28.2 Å². The Bertz CT molecular complexity index is 1350. The van der Waals surface area contributed by atoms with Gasteiger partial charge in [0.1, 0.15) is 17.0 Å². The number of methoxy groups -OCH3 is 1. The van der Waals surface area contributed by atoms with E-state index in [-0.39, 0.29) is 16.8 Å². The van der Waals surface area contributed by atoms with E-state index < -0.39 is 5.91 Å². The molecule has 0 aliphatic heterocycles. The van der Waals surface area contributed by atoms with Crippen LogP contribution in [0.15, 0.2) is 59.0 Å². The molecule has 1 heterocycles. The van der Waals surface area contributed by atoms with E-state index in [1.807, 2.05) is 13.0 Å². The monoisotopic (exact) mass is 467 g/mol. The Morgan fingerprint density at radius 2 is 2.00 bits per heavy atom. The third-order valence-electron chi connectivity index (χ3n) is 4.72. The quantitative estimate of drug-likeness (QED) is 0.277. The molecular formula is C23H18ClN3O4S. The number of oxazole rings is 1. The number of benzene rings is 3. The predicted octanol–water partition coefficient (Wildman–Crippen LogP) is 5.30. The second kappa shape index (κ2) is 8.86. The SMILES string of the molecule is COc1c(C)cccc1C(=O)NC(=S)Nc1ccc(O)c(-c2nc3cc(Cl)ccc3o2)c1. The van der Waals surface area contributed by atoms with Gasteiger partial charge in [0.15, 0.2) is 10.7 Å². The van der Waals surface area contributed by atoms with Crippen LogP contribution < -0.4 is 15.4 Å². The number of halogens is 1. The van der Waals surface area contributed by atoms with Crippen molar-refractivity contribution in [2.75, 3.05) is 12.4 Å². The first kappa shape index (κ1) is 21.6. The van der Waals surface area contributed by atoms with E-state index in [1.54, 1.807) is 42.5 Å². The smallest absolute Gasteiger partial charge is 0.261 e. The molecule has 162 valence electrons. The third-order valence-corrected chi connectivity index (χ3v) is 5.16. The van der Waals surface area contributed by atoms with Crippen LogP contribution in [-0.2, 0) is 0 Å². The lowest BCUT2D eigenvalue weighted by Gasteiger charge is -2.13. The molecule has 3 N–H and O–H groups in total. The number of phenolic OH excluding ortho intramolecular Hbond substituents is 1. The summed E-state index contributed by atoms with van der Waals surface area (Å²) < 4.78 is 11.1. The highest BCUT2D eigenvalue weighted by Gasteiger charge is 2.17. The average Bonchev–Trinajstić information content (AvgIpc) is 3.17. The van der Waals surface area contributed by atoms with Gasteiger partial charge in [0.2, 0.25) is 5.89 Å². The number of hydrogen-bond acceptors (Lipinski definition) is 6. The molecule has 0 saturated heterocycles. The normalized spacial score (nSPS) is 10.7. The van der Waals surface area contributed by atoms with Crippen molar-refractivity contribution < 1.29 is 19.1 Å². The van der Waals surface area contributed by atoms with Crippen molar-refractivity contribution in [1.82, 2.24) is 10.3 Å². The van der Waals surface area contributed by atoms with Crippen LogP contribution in [0.25, 0.3) is 22.6 Å². The van der Waals surface area contributed by atoms with Crippen LogP contribution >= 0.6 is 23.8 Å². The van der Waals surface area contributed by atoms with E-state index in [2.05, 4.69) is 15.6 Å². The van der Waals surface area contributed by atoms with Gasteiger partial charge in [0.05, 0.1) is 18.2 Å². The van der Waals surface area contributed by atoms with Gasteiger partial charge in [-0.25, -0.2) is 4.98 Å². The van der Waals surface area contributed by atoms with Crippen molar-refractivity contribution in [3.63, 3.8) is 0 Å². The van der Waals surface area contributed by atoms with Crippen LogP contribution in [0.4, 0.5) is 5.69 Å². The summed E-state index contributed by atoms with van der Waals surface area (Å²) in [6, 6.07) is 15.1. The molecule has 0 radical (unpaired) electrons. The fourth-order valence-electron chi connectivity index (χ4n) is 3.24. The number of anilines is 1. The molecule has 1 amide bonds. The molecular weight excluding hydrogens is 450 g/mol. The van der Waals surface area contributed by atoms with Gasteiger partial charge >= 0.3 is 0 Å². The summed E-state index contributed by atoms with van der Waals surface area (Å²) >= 11 is 11.3. The minimum absolute atomic E-state index is 0.0207. The number of nitrogens with zero attached hydrogens (tertiary/aromatic N) is 1. The Labute approximate surface area is 194 Å². The van der Waals surface area contributed by atoms with E-state index in [9.17, 15) is 9.90 Å². The highest BCUT2D eigenvalue weighted by atomic mass is 35.5. The summed E-state index contributed by atoms with van der Waals surface area (Å²) in [5.74, 6) is 0.282. The molecule has 9 heteroatoms. The number of hydrogen-bond donors (Lipinski definition) is 3. The number of nitrogens with one attached hydrogen (secondary N) is 2. The molecule has 7 nitrogen and oxygen atoms in total. The first-order valence-electron chi connectivity index (χ1n) is 9.51. The number of carbonyl (C=O) groups is 1. The first-order chi connectivity index (χ1) is 15.4. The van der Waals surface area contributed by atoms with Gasteiger partial charge in [-0.2, -0.15) is 0 Å². The lowest BCUT2D eigenvalue weighted by Crippen LogP contribution is -2.34. The number of carbonyl (C=O) groups excluding carboxylic acids is 1. The summed E-state index contributed by atoms with van der Waals surface area (Å²) in [5.41, 5.74) is 3.20. The number of aromatic hydroxyl groups is 1. The summed E-state index contributed by atoms with van der Waals surface area (Å²) in [6.07, 6.45) is 0. The molecule has 32 heavy (non-hydrogen) atoms. The van der Waals surface area contributed by atoms with Crippen LogP contribution in [0.2, 0.25) is 5.02 Å². The van der Waals surface area contributed by atoms with Gasteiger partial charge < -0.3 is 19.6 Å². The number of phenols is 1. The van der Waals surface area contributed by atoms with Crippen LogP contribution in [0.1, 0.15) is 15.9 Å². The van der Waals surface area contributed by atoms with Crippen molar-refractivity contribution in [3.8, 4) is 23.0 Å². The lowest BCUT2D eigenvalue weighted by atomic mass is 10.1. The van der Waals surface area contributed by atoms with E-state index in [1.165, 1.54) is 13.2 Å². The molecule has 4 aromatic rings. The minimum Gasteiger partial charge on any atom is -0.507 e. The molecule has 0 aliphatic rings. The molecule has 0 unspecified atom stereocenters. The average molecular weight is 468 g/mol. The van der Waals surface area contributed by atoms with Crippen LogP contribution in [0.5, 0.6) is 11.5 Å². The highest BCUT2D eigenvalue weighted by molar-refractivity contribution is 7.80.